The van der Waals surface area contributed by atoms with E-state index in [4.69, 9.17) is 5.73 Å². The highest BCUT2D eigenvalue weighted by Gasteiger charge is 2.25. The molecule has 0 bridgehead atoms. The van der Waals surface area contributed by atoms with Gasteiger partial charge >= 0.3 is 0 Å². The molecule has 0 spiro atoms. The fraction of sp³-hybridized carbons (Fsp3) is 0.462. The van der Waals surface area contributed by atoms with E-state index in [9.17, 15) is 9.18 Å². The maximum atomic E-state index is 13.3. The Morgan fingerprint density at radius 2 is 2.06 bits per heavy atom. The Kier molecular flexibility index (Phi) is 4.63. The molecule has 0 fully saturated rings. The number of amides is 1. The topological polar surface area (TPSA) is 55.1 Å². The summed E-state index contributed by atoms with van der Waals surface area (Å²) in [4.78, 5) is 11.7. The van der Waals surface area contributed by atoms with Crippen LogP contribution in [-0.2, 0) is 11.2 Å². The van der Waals surface area contributed by atoms with Crippen molar-refractivity contribution < 1.29 is 9.18 Å². The summed E-state index contributed by atoms with van der Waals surface area (Å²) in [6, 6.07) is 6.57. The van der Waals surface area contributed by atoms with E-state index >= 15 is 0 Å². The van der Waals surface area contributed by atoms with E-state index in [-0.39, 0.29) is 11.7 Å². The molecule has 3 N–H and O–H groups in total. The van der Waals surface area contributed by atoms with E-state index in [0.717, 1.165) is 0 Å². The quantitative estimate of drug-likeness (QED) is 0.816. The monoisotopic (exact) mass is 238 g/mol. The highest BCUT2D eigenvalue weighted by Crippen LogP contribution is 2.12. The molecule has 1 aromatic carbocycles. The van der Waals surface area contributed by atoms with Gasteiger partial charge in [-0.3, -0.25) is 4.79 Å². The van der Waals surface area contributed by atoms with Gasteiger partial charge in [0.25, 0.3) is 0 Å². The van der Waals surface area contributed by atoms with Gasteiger partial charge in [0.15, 0.2) is 0 Å². The molecule has 0 saturated carbocycles. The van der Waals surface area contributed by atoms with Gasteiger partial charge in [-0.1, -0.05) is 18.2 Å². The second kappa shape index (κ2) is 5.77. The van der Waals surface area contributed by atoms with Crippen LogP contribution in [0.25, 0.3) is 0 Å². The van der Waals surface area contributed by atoms with Crippen LogP contribution in [0.3, 0.4) is 0 Å². The van der Waals surface area contributed by atoms with Gasteiger partial charge in [0.1, 0.15) is 5.82 Å². The Hall–Kier alpha value is -1.42. The van der Waals surface area contributed by atoms with Crippen molar-refractivity contribution in [3.8, 4) is 0 Å². The van der Waals surface area contributed by atoms with Gasteiger partial charge in [0.05, 0.1) is 5.41 Å². The normalized spacial score (nSPS) is 11.3. The average Bonchev–Trinajstić information content (AvgIpc) is 2.31. The summed E-state index contributed by atoms with van der Waals surface area (Å²) < 4.78 is 13.3. The summed E-state index contributed by atoms with van der Waals surface area (Å²) in [6.07, 6.45) is 0.485. The van der Waals surface area contributed by atoms with Crippen LogP contribution >= 0.6 is 0 Å². The lowest BCUT2D eigenvalue weighted by atomic mass is 9.92. The molecule has 1 amide bonds. The Labute approximate surface area is 101 Å². The fourth-order valence-electron chi connectivity index (χ4n) is 1.34. The van der Waals surface area contributed by atoms with E-state index < -0.39 is 5.41 Å². The minimum absolute atomic E-state index is 0.101. The number of nitrogens with one attached hydrogen (secondary N) is 1. The number of hydrogen-bond donors (Lipinski definition) is 2. The van der Waals surface area contributed by atoms with Crippen molar-refractivity contribution >= 4 is 5.91 Å². The second-order valence-corrected chi connectivity index (χ2v) is 4.69. The lowest BCUT2D eigenvalue weighted by molar-refractivity contribution is -0.128. The molecule has 0 aromatic heterocycles. The van der Waals surface area contributed by atoms with Gasteiger partial charge in [-0.2, -0.15) is 0 Å². The number of halogens is 1. The van der Waals surface area contributed by atoms with E-state index in [1.54, 1.807) is 32.0 Å². The molecular formula is C13H19FN2O. The van der Waals surface area contributed by atoms with Crippen molar-refractivity contribution in [2.75, 3.05) is 13.1 Å². The highest BCUT2D eigenvalue weighted by molar-refractivity contribution is 5.82. The molecule has 94 valence electrons. The van der Waals surface area contributed by atoms with Crippen molar-refractivity contribution in [3.63, 3.8) is 0 Å². The summed E-state index contributed by atoms with van der Waals surface area (Å²) in [5.74, 6) is -0.337. The molecule has 17 heavy (non-hydrogen) atoms. The third kappa shape index (κ3) is 3.82. The Bertz CT molecular complexity index is 391. The Balaban J connectivity index is 2.44. The zero-order chi connectivity index (χ0) is 12.9. The standard InChI is InChI=1S/C13H19FN2O/c1-13(2,9-15)12(17)16-8-7-10-5-3-4-6-11(10)14/h3-6H,7-9,15H2,1-2H3,(H,16,17). The van der Waals surface area contributed by atoms with Crippen LogP contribution in [0, 0.1) is 11.2 Å². The third-order valence-corrected chi connectivity index (χ3v) is 2.76. The second-order valence-electron chi connectivity index (χ2n) is 4.69. The minimum atomic E-state index is -0.574. The molecule has 0 aliphatic rings. The van der Waals surface area contributed by atoms with Gasteiger partial charge in [-0.15, -0.1) is 0 Å². The molecule has 0 aliphatic carbocycles. The smallest absolute Gasteiger partial charge is 0.226 e. The van der Waals surface area contributed by atoms with Crippen LogP contribution in [-0.4, -0.2) is 19.0 Å². The number of carbonyl (C=O) groups excluding carboxylic acids is 1. The average molecular weight is 238 g/mol. The lowest BCUT2D eigenvalue weighted by Gasteiger charge is -2.21. The van der Waals surface area contributed by atoms with E-state index in [0.29, 0.717) is 25.1 Å². The van der Waals surface area contributed by atoms with Crippen LogP contribution < -0.4 is 11.1 Å². The van der Waals surface area contributed by atoms with Crippen molar-refractivity contribution in [2.45, 2.75) is 20.3 Å². The van der Waals surface area contributed by atoms with Crippen molar-refractivity contribution in [1.82, 2.24) is 5.32 Å². The molecule has 1 rings (SSSR count). The van der Waals surface area contributed by atoms with Gasteiger partial charge in [0, 0.05) is 13.1 Å². The molecule has 0 atom stereocenters. The molecule has 0 unspecified atom stereocenters. The van der Waals surface area contributed by atoms with Crippen LogP contribution in [0.4, 0.5) is 4.39 Å². The number of hydrogen-bond acceptors (Lipinski definition) is 2. The maximum absolute atomic E-state index is 13.3. The number of nitrogens with two attached hydrogens (primary N) is 1. The van der Waals surface area contributed by atoms with Gasteiger partial charge in [-0.25, -0.2) is 4.39 Å². The summed E-state index contributed by atoms with van der Waals surface area (Å²) in [5.41, 5.74) is 5.53. The molecule has 0 saturated heterocycles. The molecule has 0 heterocycles. The first-order valence-electron chi connectivity index (χ1n) is 5.69. The van der Waals surface area contributed by atoms with E-state index in [1.165, 1.54) is 6.07 Å². The van der Waals surface area contributed by atoms with Crippen molar-refractivity contribution in [1.29, 1.82) is 0 Å². The largest absolute Gasteiger partial charge is 0.355 e. The first kappa shape index (κ1) is 13.6. The highest BCUT2D eigenvalue weighted by atomic mass is 19.1. The molecule has 0 radical (unpaired) electrons. The van der Waals surface area contributed by atoms with E-state index in [1.807, 2.05) is 0 Å². The number of rotatable bonds is 5. The number of benzene rings is 1. The predicted octanol–water partition coefficient (Wildman–Crippen LogP) is 1.47. The minimum Gasteiger partial charge on any atom is -0.355 e. The van der Waals surface area contributed by atoms with Crippen LogP contribution in [0.15, 0.2) is 24.3 Å². The summed E-state index contributed by atoms with van der Waals surface area (Å²) in [6.45, 7) is 4.28. The lowest BCUT2D eigenvalue weighted by Crippen LogP contribution is -2.42. The Morgan fingerprint density at radius 3 is 2.65 bits per heavy atom. The van der Waals surface area contributed by atoms with Crippen molar-refractivity contribution in [3.05, 3.63) is 35.6 Å². The summed E-state index contributed by atoms with van der Waals surface area (Å²) in [7, 11) is 0. The van der Waals surface area contributed by atoms with Gasteiger partial charge < -0.3 is 11.1 Å². The fourth-order valence-corrected chi connectivity index (χ4v) is 1.34. The first-order chi connectivity index (χ1) is 7.97. The molecule has 1 aromatic rings. The first-order valence-corrected chi connectivity index (χ1v) is 5.69. The number of carbonyl (C=O) groups is 1. The molecule has 0 aliphatic heterocycles. The van der Waals surface area contributed by atoms with Gasteiger partial charge in [0.2, 0.25) is 5.91 Å². The maximum Gasteiger partial charge on any atom is 0.226 e. The molecular weight excluding hydrogens is 219 g/mol. The van der Waals surface area contributed by atoms with Crippen LogP contribution in [0.5, 0.6) is 0 Å². The Morgan fingerprint density at radius 1 is 1.41 bits per heavy atom. The van der Waals surface area contributed by atoms with Crippen molar-refractivity contribution in [2.24, 2.45) is 11.1 Å². The third-order valence-electron chi connectivity index (χ3n) is 2.76. The predicted molar refractivity (Wildman–Crippen MR) is 65.9 cm³/mol. The summed E-state index contributed by atoms with van der Waals surface area (Å²) in [5, 5.41) is 2.76. The molecule has 3 nitrogen and oxygen atoms in total. The van der Waals surface area contributed by atoms with E-state index in [2.05, 4.69) is 5.32 Å². The SMILES string of the molecule is CC(C)(CN)C(=O)NCCc1ccccc1F. The van der Waals surface area contributed by atoms with Crippen LogP contribution in [0.1, 0.15) is 19.4 Å². The zero-order valence-electron chi connectivity index (χ0n) is 10.3. The van der Waals surface area contributed by atoms with Crippen LogP contribution in [0.2, 0.25) is 0 Å². The zero-order valence-corrected chi connectivity index (χ0v) is 10.3. The summed E-state index contributed by atoms with van der Waals surface area (Å²) >= 11 is 0. The molecule has 4 heteroatoms. The van der Waals surface area contributed by atoms with Gasteiger partial charge in [-0.05, 0) is 31.9 Å².